The van der Waals surface area contributed by atoms with Crippen LogP contribution >= 0.6 is 0 Å². The van der Waals surface area contributed by atoms with Crippen molar-refractivity contribution in [2.75, 3.05) is 20.1 Å². The molecule has 0 bridgehead atoms. The molecule has 0 radical (unpaired) electrons. The van der Waals surface area contributed by atoms with Gasteiger partial charge in [0.05, 0.1) is 0 Å². The first-order valence-electron chi connectivity index (χ1n) is 4.72. The number of likely N-dealkylation sites (tertiary alicyclic amines) is 1. The number of fused-ring (bicyclic) bond motifs is 1. The van der Waals surface area contributed by atoms with Crippen molar-refractivity contribution in [2.45, 2.75) is 31.8 Å². The van der Waals surface area contributed by atoms with Gasteiger partial charge < -0.3 is 10.2 Å². The normalized spacial score (nSPS) is 45.8. The number of nitrogens with zero attached hydrogens (tertiary/aromatic N) is 1. The number of likely N-dealkylation sites (N-methyl/N-ethyl adjacent to an activating group) is 1. The fourth-order valence-corrected chi connectivity index (χ4v) is 2.56. The molecule has 0 aromatic carbocycles. The minimum absolute atomic E-state index is 0.795. The molecule has 2 rings (SSSR count). The molecule has 11 heavy (non-hydrogen) atoms. The molecular formula is C9H18N2. The highest BCUT2D eigenvalue weighted by Crippen LogP contribution is 2.29. The summed E-state index contributed by atoms with van der Waals surface area (Å²) in [5.74, 6) is 0.925. The van der Waals surface area contributed by atoms with Crippen LogP contribution in [0.1, 0.15) is 19.8 Å². The summed E-state index contributed by atoms with van der Waals surface area (Å²) >= 11 is 0. The molecule has 2 heterocycles. The van der Waals surface area contributed by atoms with E-state index in [4.69, 9.17) is 0 Å². The van der Waals surface area contributed by atoms with E-state index in [1.54, 1.807) is 0 Å². The van der Waals surface area contributed by atoms with Crippen molar-refractivity contribution in [3.05, 3.63) is 0 Å². The van der Waals surface area contributed by atoms with Gasteiger partial charge >= 0.3 is 0 Å². The Hall–Kier alpha value is -0.0800. The molecule has 0 aliphatic carbocycles. The van der Waals surface area contributed by atoms with Crippen molar-refractivity contribution >= 4 is 0 Å². The van der Waals surface area contributed by atoms with Crippen LogP contribution in [-0.4, -0.2) is 37.1 Å². The van der Waals surface area contributed by atoms with E-state index in [0.717, 1.165) is 18.0 Å². The van der Waals surface area contributed by atoms with E-state index in [0.29, 0.717) is 0 Å². The van der Waals surface area contributed by atoms with Gasteiger partial charge in [-0.2, -0.15) is 0 Å². The molecule has 2 aliphatic heterocycles. The number of piperidine rings is 1. The van der Waals surface area contributed by atoms with E-state index >= 15 is 0 Å². The number of rotatable bonds is 0. The fourth-order valence-electron chi connectivity index (χ4n) is 2.56. The summed E-state index contributed by atoms with van der Waals surface area (Å²) in [6, 6.07) is 1.59. The molecule has 2 heteroatoms. The van der Waals surface area contributed by atoms with Crippen molar-refractivity contribution in [3.63, 3.8) is 0 Å². The Morgan fingerprint density at radius 2 is 2.27 bits per heavy atom. The lowest BCUT2D eigenvalue weighted by molar-refractivity contribution is 0.266. The predicted octanol–water partition coefficient (Wildman–Crippen LogP) is 0.688. The maximum atomic E-state index is 3.60. The molecule has 2 nitrogen and oxygen atoms in total. The Morgan fingerprint density at radius 1 is 1.45 bits per heavy atom. The van der Waals surface area contributed by atoms with Crippen LogP contribution < -0.4 is 5.32 Å². The topological polar surface area (TPSA) is 15.3 Å². The molecule has 2 saturated heterocycles. The number of hydrogen-bond donors (Lipinski definition) is 1. The van der Waals surface area contributed by atoms with Gasteiger partial charge in [0, 0.05) is 18.6 Å². The third-order valence-corrected chi connectivity index (χ3v) is 3.44. The largest absolute Gasteiger partial charge is 0.312 e. The Labute approximate surface area is 69.0 Å². The van der Waals surface area contributed by atoms with Gasteiger partial charge in [0.1, 0.15) is 0 Å². The van der Waals surface area contributed by atoms with Gasteiger partial charge in [0.25, 0.3) is 0 Å². The molecule has 0 aromatic rings. The lowest BCUT2D eigenvalue weighted by Gasteiger charge is -2.28. The smallest absolute Gasteiger partial charge is 0.0238 e. The van der Waals surface area contributed by atoms with Crippen LogP contribution in [0, 0.1) is 5.92 Å². The summed E-state index contributed by atoms with van der Waals surface area (Å²) in [6.07, 6.45) is 2.81. The van der Waals surface area contributed by atoms with Gasteiger partial charge in [-0.15, -0.1) is 0 Å². The first-order valence-corrected chi connectivity index (χ1v) is 4.72. The molecule has 64 valence electrons. The Bertz CT molecular complexity index is 146. The van der Waals surface area contributed by atoms with Gasteiger partial charge in [-0.3, -0.25) is 0 Å². The summed E-state index contributed by atoms with van der Waals surface area (Å²) in [6.45, 7) is 4.85. The van der Waals surface area contributed by atoms with E-state index < -0.39 is 0 Å². The van der Waals surface area contributed by atoms with Crippen molar-refractivity contribution in [1.29, 1.82) is 0 Å². The Balaban J connectivity index is 2.05. The van der Waals surface area contributed by atoms with E-state index in [9.17, 15) is 0 Å². The van der Waals surface area contributed by atoms with Crippen LogP contribution in [-0.2, 0) is 0 Å². The molecule has 0 saturated carbocycles. The average molecular weight is 154 g/mol. The van der Waals surface area contributed by atoms with E-state index in [-0.39, 0.29) is 0 Å². The van der Waals surface area contributed by atoms with Gasteiger partial charge in [0.15, 0.2) is 0 Å². The Morgan fingerprint density at radius 3 is 3.00 bits per heavy atom. The quantitative estimate of drug-likeness (QED) is 0.552. The van der Waals surface area contributed by atoms with Crippen LogP contribution in [0.2, 0.25) is 0 Å². The van der Waals surface area contributed by atoms with Gasteiger partial charge in [-0.25, -0.2) is 0 Å². The van der Waals surface area contributed by atoms with Crippen LogP contribution in [0.5, 0.6) is 0 Å². The maximum absolute atomic E-state index is 3.60. The highest BCUT2D eigenvalue weighted by molar-refractivity contribution is 4.95. The molecule has 3 unspecified atom stereocenters. The van der Waals surface area contributed by atoms with Crippen LogP contribution in [0.4, 0.5) is 0 Å². The Kier molecular flexibility index (Phi) is 1.90. The third-order valence-electron chi connectivity index (χ3n) is 3.44. The molecule has 2 fully saturated rings. The van der Waals surface area contributed by atoms with Crippen molar-refractivity contribution in [3.8, 4) is 0 Å². The first kappa shape index (κ1) is 7.56. The fraction of sp³-hybridized carbons (Fsp3) is 1.00. The summed E-state index contributed by atoms with van der Waals surface area (Å²) < 4.78 is 0. The lowest BCUT2D eigenvalue weighted by Crippen LogP contribution is -2.41. The van der Waals surface area contributed by atoms with E-state index in [1.165, 1.54) is 25.9 Å². The highest BCUT2D eigenvalue weighted by atomic mass is 15.2. The summed E-state index contributed by atoms with van der Waals surface area (Å²) in [5, 5.41) is 3.60. The number of nitrogens with one attached hydrogen (secondary N) is 1. The maximum Gasteiger partial charge on any atom is 0.0238 e. The van der Waals surface area contributed by atoms with E-state index in [2.05, 4.69) is 24.2 Å². The third kappa shape index (κ3) is 1.18. The average Bonchev–Trinajstić information content (AvgIpc) is 2.30. The van der Waals surface area contributed by atoms with Gasteiger partial charge in [0.2, 0.25) is 0 Å². The zero-order valence-corrected chi connectivity index (χ0v) is 7.51. The second kappa shape index (κ2) is 2.76. The second-order valence-electron chi connectivity index (χ2n) is 4.05. The van der Waals surface area contributed by atoms with Crippen LogP contribution in [0.3, 0.4) is 0 Å². The standard InChI is InChI=1S/C9H18N2/c1-7-8-4-3-5-10-9(8)6-11(7)2/h7-10H,3-6H2,1-2H3. The van der Waals surface area contributed by atoms with Crippen LogP contribution in [0.15, 0.2) is 0 Å². The molecular weight excluding hydrogens is 136 g/mol. The summed E-state index contributed by atoms with van der Waals surface area (Å²) in [7, 11) is 2.24. The minimum Gasteiger partial charge on any atom is -0.312 e. The zero-order chi connectivity index (χ0) is 7.84. The first-order chi connectivity index (χ1) is 5.29. The molecule has 3 atom stereocenters. The van der Waals surface area contributed by atoms with Gasteiger partial charge in [-0.05, 0) is 39.3 Å². The SMILES string of the molecule is CC1C2CCCNC2CN1C. The molecule has 0 aromatic heterocycles. The minimum atomic E-state index is 0.795. The lowest BCUT2D eigenvalue weighted by atomic mass is 9.89. The summed E-state index contributed by atoms with van der Waals surface area (Å²) in [4.78, 5) is 2.48. The number of hydrogen-bond acceptors (Lipinski definition) is 2. The second-order valence-corrected chi connectivity index (χ2v) is 4.05. The van der Waals surface area contributed by atoms with Crippen molar-refractivity contribution in [2.24, 2.45) is 5.92 Å². The molecule has 0 amide bonds. The van der Waals surface area contributed by atoms with Crippen LogP contribution in [0.25, 0.3) is 0 Å². The summed E-state index contributed by atoms with van der Waals surface area (Å²) in [5.41, 5.74) is 0. The highest BCUT2D eigenvalue weighted by Gasteiger charge is 2.37. The van der Waals surface area contributed by atoms with Gasteiger partial charge in [-0.1, -0.05) is 0 Å². The van der Waals surface area contributed by atoms with E-state index in [1.807, 2.05) is 0 Å². The van der Waals surface area contributed by atoms with Crippen molar-refractivity contribution < 1.29 is 0 Å². The molecule has 0 spiro atoms. The molecule has 2 aliphatic rings. The van der Waals surface area contributed by atoms with Crippen molar-refractivity contribution in [1.82, 2.24) is 10.2 Å². The monoisotopic (exact) mass is 154 g/mol. The molecule has 1 N–H and O–H groups in total. The predicted molar refractivity (Wildman–Crippen MR) is 46.6 cm³/mol. The zero-order valence-electron chi connectivity index (χ0n) is 7.51.